The molecule has 2 amide bonds. The SMILES string of the molecule is CNC(=O)c1ccc(CN(C(=O)c2c[nH]c3cccc(F)c23)C2CC2)cc1. The molecule has 1 aromatic heterocycles. The maximum absolute atomic E-state index is 14.3. The lowest BCUT2D eigenvalue weighted by Crippen LogP contribution is -2.32. The largest absolute Gasteiger partial charge is 0.360 e. The predicted molar refractivity (Wildman–Crippen MR) is 101 cm³/mol. The topological polar surface area (TPSA) is 65.2 Å². The second kappa shape index (κ2) is 6.87. The number of hydrogen-bond donors (Lipinski definition) is 2. The van der Waals surface area contributed by atoms with Crippen LogP contribution in [0.4, 0.5) is 4.39 Å². The molecular formula is C21H20FN3O2. The standard InChI is InChI=1S/C21H20FN3O2/c1-23-20(26)14-7-5-13(6-8-14)12-25(15-9-10-15)21(27)16-11-24-18-4-2-3-17(22)19(16)18/h2-8,11,15,24H,9-10,12H2,1H3,(H,23,26). The summed E-state index contributed by atoms with van der Waals surface area (Å²) in [5.74, 6) is -0.724. The summed E-state index contributed by atoms with van der Waals surface area (Å²) in [4.78, 5) is 29.6. The number of H-pyrrole nitrogens is 1. The molecule has 4 rings (SSSR count). The van der Waals surface area contributed by atoms with Crippen LogP contribution in [0.25, 0.3) is 10.9 Å². The number of carbonyl (C=O) groups excluding carboxylic acids is 2. The Labute approximate surface area is 156 Å². The second-order valence-corrected chi connectivity index (χ2v) is 6.81. The van der Waals surface area contributed by atoms with E-state index in [0.29, 0.717) is 28.6 Å². The second-order valence-electron chi connectivity index (χ2n) is 6.81. The Balaban J connectivity index is 1.61. The van der Waals surface area contributed by atoms with Crippen LogP contribution >= 0.6 is 0 Å². The van der Waals surface area contributed by atoms with Crippen molar-refractivity contribution in [3.63, 3.8) is 0 Å². The van der Waals surface area contributed by atoms with Crippen molar-refractivity contribution >= 4 is 22.7 Å². The number of amides is 2. The first kappa shape index (κ1) is 17.3. The Morgan fingerprint density at radius 3 is 2.59 bits per heavy atom. The number of nitrogens with zero attached hydrogens (tertiary/aromatic N) is 1. The zero-order valence-electron chi connectivity index (χ0n) is 15.0. The van der Waals surface area contributed by atoms with E-state index < -0.39 is 5.82 Å². The molecule has 1 heterocycles. The van der Waals surface area contributed by atoms with E-state index in [1.165, 1.54) is 6.07 Å². The summed E-state index contributed by atoms with van der Waals surface area (Å²) in [5, 5.41) is 2.92. The van der Waals surface area contributed by atoms with E-state index in [1.807, 2.05) is 12.1 Å². The maximum atomic E-state index is 14.3. The number of fused-ring (bicyclic) bond motifs is 1. The van der Waals surface area contributed by atoms with Crippen molar-refractivity contribution < 1.29 is 14.0 Å². The molecule has 27 heavy (non-hydrogen) atoms. The van der Waals surface area contributed by atoms with Gasteiger partial charge in [-0.15, -0.1) is 0 Å². The maximum Gasteiger partial charge on any atom is 0.256 e. The van der Waals surface area contributed by atoms with Crippen molar-refractivity contribution in [3.05, 3.63) is 71.2 Å². The molecule has 5 nitrogen and oxygen atoms in total. The first-order valence-corrected chi connectivity index (χ1v) is 8.96. The van der Waals surface area contributed by atoms with Gasteiger partial charge in [0.15, 0.2) is 0 Å². The van der Waals surface area contributed by atoms with Gasteiger partial charge in [0, 0.05) is 42.3 Å². The van der Waals surface area contributed by atoms with Crippen LogP contribution in [0.5, 0.6) is 0 Å². The molecule has 1 fully saturated rings. The van der Waals surface area contributed by atoms with Gasteiger partial charge in [0.2, 0.25) is 0 Å². The molecule has 0 saturated heterocycles. The Morgan fingerprint density at radius 1 is 1.19 bits per heavy atom. The average Bonchev–Trinajstić information content (AvgIpc) is 3.43. The van der Waals surface area contributed by atoms with Gasteiger partial charge in [-0.25, -0.2) is 4.39 Å². The third-order valence-corrected chi connectivity index (χ3v) is 4.93. The van der Waals surface area contributed by atoms with Gasteiger partial charge < -0.3 is 15.2 Å². The van der Waals surface area contributed by atoms with Crippen molar-refractivity contribution in [3.8, 4) is 0 Å². The monoisotopic (exact) mass is 365 g/mol. The summed E-state index contributed by atoms with van der Waals surface area (Å²) in [7, 11) is 1.59. The molecule has 2 N–H and O–H groups in total. The lowest BCUT2D eigenvalue weighted by molar-refractivity contribution is 0.0731. The Bertz CT molecular complexity index is 1010. The smallest absolute Gasteiger partial charge is 0.256 e. The van der Waals surface area contributed by atoms with E-state index in [9.17, 15) is 14.0 Å². The van der Waals surface area contributed by atoms with Crippen LogP contribution in [-0.4, -0.2) is 34.8 Å². The summed E-state index contributed by atoms with van der Waals surface area (Å²) in [5.41, 5.74) is 2.48. The van der Waals surface area contributed by atoms with E-state index in [2.05, 4.69) is 10.3 Å². The molecular weight excluding hydrogens is 345 g/mol. The highest BCUT2D eigenvalue weighted by Crippen LogP contribution is 2.32. The first-order chi connectivity index (χ1) is 13.1. The van der Waals surface area contributed by atoms with Crippen LogP contribution in [-0.2, 0) is 6.54 Å². The molecule has 0 aliphatic heterocycles. The lowest BCUT2D eigenvalue weighted by atomic mass is 10.1. The predicted octanol–water partition coefficient (Wildman–Crippen LogP) is 3.47. The van der Waals surface area contributed by atoms with Crippen molar-refractivity contribution in [1.29, 1.82) is 0 Å². The van der Waals surface area contributed by atoms with Crippen molar-refractivity contribution in [2.75, 3.05) is 7.05 Å². The Morgan fingerprint density at radius 2 is 1.93 bits per heavy atom. The third kappa shape index (κ3) is 3.30. The highest BCUT2D eigenvalue weighted by atomic mass is 19.1. The minimum Gasteiger partial charge on any atom is -0.360 e. The number of rotatable bonds is 5. The van der Waals surface area contributed by atoms with Crippen molar-refractivity contribution in [2.45, 2.75) is 25.4 Å². The van der Waals surface area contributed by atoms with Crippen molar-refractivity contribution in [2.24, 2.45) is 0 Å². The van der Waals surface area contributed by atoms with Gasteiger partial charge in [-0.05, 0) is 42.7 Å². The number of aromatic nitrogens is 1. The summed E-state index contributed by atoms with van der Waals surface area (Å²) in [6.45, 7) is 0.429. The zero-order chi connectivity index (χ0) is 19.0. The third-order valence-electron chi connectivity index (χ3n) is 4.93. The van der Waals surface area contributed by atoms with Gasteiger partial charge in [0.25, 0.3) is 11.8 Å². The van der Waals surface area contributed by atoms with Crippen LogP contribution in [0.2, 0.25) is 0 Å². The van der Waals surface area contributed by atoms with Gasteiger partial charge in [-0.2, -0.15) is 0 Å². The van der Waals surface area contributed by atoms with Crippen molar-refractivity contribution in [1.82, 2.24) is 15.2 Å². The molecule has 6 heteroatoms. The number of nitrogens with one attached hydrogen (secondary N) is 2. The number of carbonyl (C=O) groups is 2. The van der Waals surface area contributed by atoms with Crippen LogP contribution < -0.4 is 5.32 Å². The molecule has 1 saturated carbocycles. The molecule has 1 aliphatic rings. The molecule has 0 bridgehead atoms. The van der Waals surface area contributed by atoms with Crippen LogP contribution in [0.15, 0.2) is 48.7 Å². The highest BCUT2D eigenvalue weighted by Gasteiger charge is 2.34. The summed E-state index contributed by atoms with van der Waals surface area (Å²) in [6.07, 6.45) is 3.49. The molecule has 2 aromatic carbocycles. The number of benzene rings is 2. The van der Waals surface area contributed by atoms with Crippen LogP contribution in [0, 0.1) is 5.82 Å². The van der Waals surface area contributed by atoms with Crippen LogP contribution in [0.1, 0.15) is 39.1 Å². The fourth-order valence-corrected chi connectivity index (χ4v) is 3.32. The number of aromatic amines is 1. The summed E-state index contributed by atoms with van der Waals surface area (Å²) >= 11 is 0. The quantitative estimate of drug-likeness (QED) is 0.727. The summed E-state index contributed by atoms with van der Waals surface area (Å²) in [6, 6.07) is 12.1. The van der Waals surface area contributed by atoms with E-state index >= 15 is 0 Å². The average molecular weight is 365 g/mol. The van der Waals surface area contributed by atoms with E-state index in [1.54, 1.807) is 42.4 Å². The molecule has 138 valence electrons. The molecule has 0 spiro atoms. The molecule has 0 unspecified atom stereocenters. The minimum atomic E-state index is -0.400. The number of halogens is 1. The molecule has 0 atom stereocenters. The lowest BCUT2D eigenvalue weighted by Gasteiger charge is -2.22. The summed E-state index contributed by atoms with van der Waals surface area (Å²) < 4.78 is 14.3. The minimum absolute atomic E-state index is 0.147. The van der Waals surface area contributed by atoms with Crippen LogP contribution in [0.3, 0.4) is 0 Å². The highest BCUT2D eigenvalue weighted by molar-refractivity contribution is 6.07. The van der Waals surface area contributed by atoms with E-state index in [4.69, 9.17) is 0 Å². The first-order valence-electron chi connectivity index (χ1n) is 8.96. The molecule has 0 radical (unpaired) electrons. The van der Waals surface area contributed by atoms with Gasteiger partial charge in [-0.3, -0.25) is 9.59 Å². The van der Waals surface area contributed by atoms with E-state index in [-0.39, 0.29) is 17.9 Å². The fraction of sp³-hybridized carbons (Fsp3) is 0.238. The number of hydrogen-bond acceptors (Lipinski definition) is 2. The molecule has 3 aromatic rings. The normalized spacial score (nSPS) is 13.6. The van der Waals surface area contributed by atoms with Gasteiger partial charge in [-0.1, -0.05) is 18.2 Å². The zero-order valence-corrected chi connectivity index (χ0v) is 15.0. The van der Waals surface area contributed by atoms with Gasteiger partial charge in [0.05, 0.1) is 5.56 Å². The van der Waals surface area contributed by atoms with E-state index in [0.717, 1.165) is 18.4 Å². The Kier molecular flexibility index (Phi) is 4.39. The van der Waals surface area contributed by atoms with Gasteiger partial charge >= 0.3 is 0 Å². The Hall–Kier alpha value is -3.15. The molecule has 1 aliphatic carbocycles. The fourth-order valence-electron chi connectivity index (χ4n) is 3.32. The van der Waals surface area contributed by atoms with Gasteiger partial charge in [0.1, 0.15) is 5.82 Å².